The fourth-order valence-electron chi connectivity index (χ4n) is 2.35. The summed E-state index contributed by atoms with van der Waals surface area (Å²) in [6.45, 7) is 5.64. The van der Waals surface area contributed by atoms with Gasteiger partial charge in [0, 0.05) is 18.7 Å². The van der Waals surface area contributed by atoms with Crippen molar-refractivity contribution in [2.24, 2.45) is 4.99 Å². The highest BCUT2D eigenvalue weighted by molar-refractivity contribution is 5.79. The van der Waals surface area contributed by atoms with E-state index in [0.29, 0.717) is 24.6 Å². The maximum Gasteiger partial charge on any atom is 0.191 e. The van der Waals surface area contributed by atoms with Crippen LogP contribution in [-0.4, -0.2) is 19.6 Å². The Bertz CT molecular complexity index is 701. The number of benzene rings is 2. The van der Waals surface area contributed by atoms with E-state index in [1.165, 1.54) is 6.07 Å². The summed E-state index contributed by atoms with van der Waals surface area (Å²) in [5, 5.41) is 6.50. The summed E-state index contributed by atoms with van der Waals surface area (Å²) in [5.74, 6) is 1.37. The van der Waals surface area contributed by atoms with E-state index in [9.17, 15) is 4.39 Å². The molecule has 2 aromatic rings. The van der Waals surface area contributed by atoms with E-state index in [1.807, 2.05) is 37.3 Å². The molecule has 0 saturated heterocycles. The summed E-state index contributed by atoms with van der Waals surface area (Å²) in [6.07, 6.45) is 0. The molecule has 0 bridgehead atoms. The van der Waals surface area contributed by atoms with Crippen molar-refractivity contribution in [3.8, 4) is 5.75 Å². The van der Waals surface area contributed by atoms with Gasteiger partial charge in [0.15, 0.2) is 5.96 Å². The molecule has 2 aromatic carbocycles. The minimum atomic E-state index is -0.191. The summed E-state index contributed by atoms with van der Waals surface area (Å²) in [6, 6.07) is 12.9. The number of para-hydroxylation sites is 1. The number of aliphatic imine (C=N–C) groups is 1. The summed E-state index contributed by atoms with van der Waals surface area (Å²) < 4.78 is 18.7. The minimum Gasteiger partial charge on any atom is -0.496 e. The molecule has 2 N–H and O–H groups in total. The molecule has 0 saturated carbocycles. The first kappa shape index (κ1) is 17.8. The Morgan fingerprint density at radius 2 is 1.96 bits per heavy atom. The fraction of sp³-hybridized carbons (Fsp3) is 0.316. The molecule has 0 aliphatic carbocycles. The summed E-state index contributed by atoms with van der Waals surface area (Å²) in [4.78, 5) is 4.56. The molecule has 0 aromatic heterocycles. The Morgan fingerprint density at radius 3 is 2.67 bits per heavy atom. The van der Waals surface area contributed by atoms with Crippen LogP contribution in [0, 0.1) is 12.7 Å². The first-order valence-corrected chi connectivity index (χ1v) is 8.03. The molecule has 0 aliphatic heterocycles. The molecule has 2 rings (SSSR count). The largest absolute Gasteiger partial charge is 0.496 e. The maximum atomic E-state index is 13.3. The zero-order valence-electron chi connectivity index (χ0n) is 14.4. The monoisotopic (exact) mass is 329 g/mol. The SMILES string of the molecule is CCNC(=NCc1ccc(F)c(C)c1)NCc1ccccc1OC. The van der Waals surface area contributed by atoms with Crippen LogP contribution in [0.2, 0.25) is 0 Å². The highest BCUT2D eigenvalue weighted by Gasteiger charge is 2.04. The molecule has 0 fully saturated rings. The highest BCUT2D eigenvalue weighted by Crippen LogP contribution is 2.16. The van der Waals surface area contributed by atoms with Crippen molar-refractivity contribution in [3.63, 3.8) is 0 Å². The quantitative estimate of drug-likeness (QED) is 0.631. The van der Waals surface area contributed by atoms with Gasteiger partial charge in [-0.3, -0.25) is 0 Å². The van der Waals surface area contributed by atoms with Crippen LogP contribution in [-0.2, 0) is 13.1 Å². The van der Waals surface area contributed by atoms with Gasteiger partial charge in [-0.25, -0.2) is 9.38 Å². The van der Waals surface area contributed by atoms with Gasteiger partial charge < -0.3 is 15.4 Å². The number of nitrogens with zero attached hydrogens (tertiary/aromatic N) is 1. The minimum absolute atomic E-state index is 0.191. The number of halogens is 1. The second kappa shape index (κ2) is 8.91. The average molecular weight is 329 g/mol. The van der Waals surface area contributed by atoms with Crippen LogP contribution >= 0.6 is 0 Å². The second-order valence-electron chi connectivity index (χ2n) is 5.44. The molecule has 0 spiro atoms. The third kappa shape index (κ3) is 4.98. The number of nitrogens with one attached hydrogen (secondary N) is 2. The molecule has 4 nitrogen and oxygen atoms in total. The third-order valence-electron chi connectivity index (χ3n) is 3.63. The Kier molecular flexibility index (Phi) is 6.61. The van der Waals surface area contributed by atoms with Gasteiger partial charge in [-0.05, 0) is 37.1 Å². The van der Waals surface area contributed by atoms with Crippen molar-refractivity contribution in [2.45, 2.75) is 26.9 Å². The van der Waals surface area contributed by atoms with Gasteiger partial charge in [-0.2, -0.15) is 0 Å². The van der Waals surface area contributed by atoms with Crippen molar-refractivity contribution < 1.29 is 9.13 Å². The third-order valence-corrected chi connectivity index (χ3v) is 3.63. The summed E-state index contributed by atoms with van der Waals surface area (Å²) in [5.41, 5.74) is 2.67. The van der Waals surface area contributed by atoms with Crippen molar-refractivity contribution in [1.29, 1.82) is 0 Å². The first-order chi connectivity index (χ1) is 11.6. The van der Waals surface area contributed by atoms with E-state index in [1.54, 1.807) is 20.1 Å². The molecule has 24 heavy (non-hydrogen) atoms. The van der Waals surface area contributed by atoms with Crippen molar-refractivity contribution in [2.75, 3.05) is 13.7 Å². The molecule has 128 valence electrons. The smallest absolute Gasteiger partial charge is 0.191 e. The topological polar surface area (TPSA) is 45.7 Å². The van der Waals surface area contributed by atoms with Crippen molar-refractivity contribution >= 4 is 5.96 Å². The van der Waals surface area contributed by atoms with E-state index in [-0.39, 0.29) is 5.82 Å². The lowest BCUT2D eigenvalue weighted by molar-refractivity contribution is 0.409. The van der Waals surface area contributed by atoms with Gasteiger partial charge in [0.25, 0.3) is 0 Å². The molecule has 0 heterocycles. The molecular weight excluding hydrogens is 305 g/mol. The Hall–Kier alpha value is -2.56. The van der Waals surface area contributed by atoms with E-state index in [2.05, 4.69) is 15.6 Å². The molecule has 0 radical (unpaired) electrons. The lowest BCUT2D eigenvalue weighted by Gasteiger charge is -2.13. The lowest BCUT2D eigenvalue weighted by atomic mass is 10.1. The molecule has 0 atom stereocenters. The maximum absolute atomic E-state index is 13.3. The van der Waals surface area contributed by atoms with Gasteiger partial charge in [0.1, 0.15) is 11.6 Å². The van der Waals surface area contributed by atoms with Crippen LogP contribution in [0.15, 0.2) is 47.5 Å². The second-order valence-corrected chi connectivity index (χ2v) is 5.44. The average Bonchev–Trinajstić information content (AvgIpc) is 2.60. The zero-order valence-corrected chi connectivity index (χ0v) is 14.4. The van der Waals surface area contributed by atoms with Crippen LogP contribution in [0.1, 0.15) is 23.6 Å². The van der Waals surface area contributed by atoms with Gasteiger partial charge in [-0.15, -0.1) is 0 Å². The number of guanidine groups is 1. The van der Waals surface area contributed by atoms with Crippen molar-refractivity contribution in [1.82, 2.24) is 10.6 Å². The highest BCUT2D eigenvalue weighted by atomic mass is 19.1. The summed E-state index contributed by atoms with van der Waals surface area (Å²) >= 11 is 0. The molecule has 0 amide bonds. The number of hydrogen-bond acceptors (Lipinski definition) is 2. The number of ether oxygens (including phenoxy) is 1. The Labute approximate surface area is 142 Å². The van der Waals surface area contributed by atoms with Crippen LogP contribution in [0.25, 0.3) is 0 Å². The van der Waals surface area contributed by atoms with Gasteiger partial charge >= 0.3 is 0 Å². The van der Waals surface area contributed by atoms with Gasteiger partial charge in [0.05, 0.1) is 13.7 Å². The number of rotatable bonds is 6. The Balaban J connectivity index is 2.03. The lowest BCUT2D eigenvalue weighted by Crippen LogP contribution is -2.36. The van der Waals surface area contributed by atoms with Crippen LogP contribution < -0.4 is 15.4 Å². The zero-order chi connectivity index (χ0) is 17.4. The van der Waals surface area contributed by atoms with Gasteiger partial charge in [-0.1, -0.05) is 30.3 Å². The van der Waals surface area contributed by atoms with E-state index in [0.717, 1.165) is 23.4 Å². The van der Waals surface area contributed by atoms with Crippen molar-refractivity contribution in [3.05, 3.63) is 65.0 Å². The van der Waals surface area contributed by atoms with Crippen LogP contribution in [0.4, 0.5) is 4.39 Å². The van der Waals surface area contributed by atoms with Gasteiger partial charge in [0.2, 0.25) is 0 Å². The first-order valence-electron chi connectivity index (χ1n) is 8.03. The molecule has 0 aliphatic rings. The molecular formula is C19H24FN3O. The fourth-order valence-corrected chi connectivity index (χ4v) is 2.35. The van der Waals surface area contributed by atoms with E-state index >= 15 is 0 Å². The predicted molar refractivity (Wildman–Crippen MR) is 95.8 cm³/mol. The predicted octanol–water partition coefficient (Wildman–Crippen LogP) is 3.40. The van der Waals surface area contributed by atoms with E-state index in [4.69, 9.17) is 4.74 Å². The summed E-state index contributed by atoms with van der Waals surface area (Å²) in [7, 11) is 1.66. The molecule has 0 unspecified atom stereocenters. The molecule has 5 heteroatoms. The number of hydrogen-bond donors (Lipinski definition) is 2. The standard InChI is InChI=1S/C19H24FN3O/c1-4-21-19(22-12-15-9-10-17(20)14(2)11-15)23-13-16-7-5-6-8-18(16)24-3/h5-11H,4,12-13H2,1-3H3,(H2,21,22,23). The normalized spacial score (nSPS) is 11.2. The number of methoxy groups -OCH3 is 1. The Morgan fingerprint density at radius 1 is 1.17 bits per heavy atom. The van der Waals surface area contributed by atoms with E-state index < -0.39 is 0 Å². The van der Waals surface area contributed by atoms with Crippen LogP contribution in [0.5, 0.6) is 5.75 Å². The van der Waals surface area contributed by atoms with Crippen LogP contribution in [0.3, 0.4) is 0 Å². The number of aryl methyl sites for hydroxylation is 1.